The molecule has 2 atom stereocenters. The second kappa shape index (κ2) is 6.07. The predicted octanol–water partition coefficient (Wildman–Crippen LogP) is 1.28. The van der Waals surface area contributed by atoms with Gasteiger partial charge in [0.05, 0.1) is 37.3 Å². The number of methoxy groups -OCH3 is 1. The van der Waals surface area contributed by atoms with Crippen LogP contribution in [0, 0.1) is 5.92 Å². The lowest BCUT2D eigenvalue weighted by Gasteiger charge is -2.39. The van der Waals surface area contributed by atoms with Gasteiger partial charge in [-0.25, -0.2) is 4.98 Å². The highest BCUT2D eigenvalue weighted by molar-refractivity contribution is 5.82. The molecular weight excluding hydrogens is 258 g/mol. The van der Waals surface area contributed by atoms with Crippen LogP contribution in [0.3, 0.4) is 0 Å². The molecule has 0 N–H and O–H groups in total. The van der Waals surface area contributed by atoms with Crippen molar-refractivity contribution in [3.8, 4) is 0 Å². The summed E-state index contributed by atoms with van der Waals surface area (Å²) < 4.78 is 6.78. The zero-order chi connectivity index (χ0) is 14.7. The Hall–Kier alpha value is -1.85. The topological polar surface area (TPSA) is 64.4 Å². The first kappa shape index (κ1) is 14.6. The Morgan fingerprint density at radius 2 is 2.30 bits per heavy atom. The minimum Gasteiger partial charge on any atom is -0.469 e. The van der Waals surface area contributed by atoms with Gasteiger partial charge in [0.1, 0.15) is 0 Å². The number of amides is 1. The van der Waals surface area contributed by atoms with Crippen LogP contribution in [0.2, 0.25) is 0 Å². The minimum atomic E-state index is -0.320. The zero-order valence-electron chi connectivity index (χ0n) is 12.2. The van der Waals surface area contributed by atoms with E-state index in [2.05, 4.69) is 4.98 Å². The van der Waals surface area contributed by atoms with Gasteiger partial charge in [-0.15, -0.1) is 0 Å². The molecule has 0 aromatic carbocycles. The number of rotatable bonds is 4. The Morgan fingerprint density at radius 1 is 1.55 bits per heavy atom. The molecule has 1 aliphatic rings. The average Bonchev–Trinajstić information content (AvgIpc) is 2.86. The molecule has 0 aliphatic carbocycles. The van der Waals surface area contributed by atoms with Crippen molar-refractivity contribution in [2.24, 2.45) is 13.0 Å². The molecule has 2 rings (SSSR count). The molecule has 0 radical (unpaired) electrons. The third-order valence-electron chi connectivity index (χ3n) is 3.83. The fourth-order valence-corrected chi connectivity index (χ4v) is 2.87. The summed E-state index contributed by atoms with van der Waals surface area (Å²) in [7, 11) is 3.27. The lowest BCUT2D eigenvalue weighted by atomic mass is 9.86. The number of hydrogen-bond donors (Lipinski definition) is 0. The molecule has 0 saturated carbocycles. The Kier molecular flexibility index (Phi) is 4.42. The quantitative estimate of drug-likeness (QED) is 0.779. The van der Waals surface area contributed by atoms with Crippen LogP contribution < -0.4 is 0 Å². The van der Waals surface area contributed by atoms with Crippen molar-refractivity contribution in [2.45, 2.75) is 32.2 Å². The van der Waals surface area contributed by atoms with Crippen LogP contribution >= 0.6 is 0 Å². The molecule has 0 spiro atoms. The van der Waals surface area contributed by atoms with Crippen molar-refractivity contribution in [3.05, 3.63) is 18.2 Å². The standard InChI is InChI=1S/C14H21N3O3/c1-4-7-17-12(18)6-5-10(14(19)20-3)13(17)11-8-15-9-16(11)2/h8-10,13H,4-7H2,1-3H3. The number of likely N-dealkylation sites (tertiary alicyclic amines) is 1. The van der Waals surface area contributed by atoms with E-state index in [1.54, 1.807) is 17.4 Å². The molecule has 1 fully saturated rings. The van der Waals surface area contributed by atoms with Crippen molar-refractivity contribution >= 4 is 11.9 Å². The van der Waals surface area contributed by atoms with E-state index >= 15 is 0 Å². The molecular formula is C14H21N3O3. The summed E-state index contributed by atoms with van der Waals surface area (Å²) in [6.45, 7) is 2.66. The molecule has 2 unspecified atom stereocenters. The molecule has 6 heteroatoms. The smallest absolute Gasteiger partial charge is 0.311 e. The van der Waals surface area contributed by atoms with Crippen molar-refractivity contribution in [1.82, 2.24) is 14.5 Å². The van der Waals surface area contributed by atoms with Gasteiger partial charge in [-0.1, -0.05) is 6.92 Å². The molecule has 20 heavy (non-hydrogen) atoms. The Labute approximate surface area is 118 Å². The van der Waals surface area contributed by atoms with E-state index in [1.807, 2.05) is 18.5 Å². The van der Waals surface area contributed by atoms with Gasteiger partial charge in [0.2, 0.25) is 5.91 Å². The number of esters is 1. The first-order valence-electron chi connectivity index (χ1n) is 6.93. The van der Waals surface area contributed by atoms with Crippen LogP contribution in [0.25, 0.3) is 0 Å². The van der Waals surface area contributed by atoms with Crippen molar-refractivity contribution in [2.75, 3.05) is 13.7 Å². The van der Waals surface area contributed by atoms with Crippen molar-refractivity contribution < 1.29 is 14.3 Å². The molecule has 0 bridgehead atoms. The van der Waals surface area contributed by atoms with E-state index < -0.39 is 0 Å². The molecule has 1 saturated heterocycles. The fraction of sp³-hybridized carbons (Fsp3) is 0.643. The number of ether oxygens (including phenoxy) is 1. The summed E-state index contributed by atoms with van der Waals surface area (Å²) in [6.07, 6.45) is 5.19. The Bertz CT molecular complexity index is 488. The van der Waals surface area contributed by atoms with E-state index in [-0.39, 0.29) is 23.8 Å². The molecule has 110 valence electrons. The maximum Gasteiger partial charge on any atom is 0.311 e. The van der Waals surface area contributed by atoms with Gasteiger partial charge in [-0.05, 0) is 12.8 Å². The second-order valence-electron chi connectivity index (χ2n) is 5.13. The largest absolute Gasteiger partial charge is 0.469 e. The second-order valence-corrected chi connectivity index (χ2v) is 5.13. The summed E-state index contributed by atoms with van der Waals surface area (Å²) in [4.78, 5) is 30.2. The zero-order valence-corrected chi connectivity index (χ0v) is 12.2. The number of piperidine rings is 1. The molecule has 1 aromatic rings. The molecule has 1 amide bonds. The van der Waals surface area contributed by atoms with Crippen LogP contribution in [0.1, 0.15) is 37.9 Å². The summed E-state index contributed by atoms with van der Waals surface area (Å²) in [6, 6.07) is -0.281. The number of hydrogen-bond acceptors (Lipinski definition) is 4. The number of carbonyl (C=O) groups excluding carboxylic acids is 2. The van der Waals surface area contributed by atoms with Crippen molar-refractivity contribution in [3.63, 3.8) is 0 Å². The summed E-state index contributed by atoms with van der Waals surface area (Å²) in [5, 5.41) is 0. The Balaban J connectivity index is 2.40. The lowest BCUT2D eigenvalue weighted by molar-refractivity contribution is -0.155. The van der Waals surface area contributed by atoms with Gasteiger partial charge >= 0.3 is 5.97 Å². The highest BCUT2D eigenvalue weighted by atomic mass is 16.5. The van der Waals surface area contributed by atoms with Crippen LogP contribution in [-0.2, 0) is 21.4 Å². The monoisotopic (exact) mass is 279 g/mol. The fourth-order valence-electron chi connectivity index (χ4n) is 2.87. The van der Waals surface area contributed by atoms with E-state index in [4.69, 9.17) is 4.74 Å². The van der Waals surface area contributed by atoms with E-state index in [1.165, 1.54) is 7.11 Å². The van der Waals surface area contributed by atoms with E-state index in [0.29, 0.717) is 19.4 Å². The van der Waals surface area contributed by atoms with Gasteiger partial charge in [-0.3, -0.25) is 9.59 Å². The molecule has 1 aromatic heterocycles. The number of aryl methyl sites for hydroxylation is 1. The number of imidazole rings is 1. The van der Waals surface area contributed by atoms with Gasteiger partial charge in [-0.2, -0.15) is 0 Å². The van der Waals surface area contributed by atoms with E-state index in [0.717, 1.165) is 12.1 Å². The van der Waals surface area contributed by atoms with Crippen LogP contribution in [-0.4, -0.2) is 40.0 Å². The molecule has 1 aliphatic heterocycles. The lowest BCUT2D eigenvalue weighted by Crippen LogP contribution is -2.46. The maximum absolute atomic E-state index is 12.2. The van der Waals surface area contributed by atoms with Crippen LogP contribution in [0.5, 0.6) is 0 Å². The first-order valence-corrected chi connectivity index (χ1v) is 6.93. The number of aromatic nitrogens is 2. The highest BCUT2D eigenvalue weighted by Gasteiger charge is 2.42. The predicted molar refractivity (Wildman–Crippen MR) is 72.7 cm³/mol. The molecule has 6 nitrogen and oxygen atoms in total. The van der Waals surface area contributed by atoms with Crippen LogP contribution in [0.4, 0.5) is 0 Å². The van der Waals surface area contributed by atoms with Gasteiger partial charge < -0.3 is 14.2 Å². The Morgan fingerprint density at radius 3 is 2.85 bits per heavy atom. The maximum atomic E-state index is 12.2. The number of nitrogens with zero attached hydrogens (tertiary/aromatic N) is 3. The first-order chi connectivity index (χ1) is 9.60. The molecule has 2 heterocycles. The van der Waals surface area contributed by atoms with Crippen LogP contribution in [0.15, 0.2) is 12.5 Å². The minimum absolute atomic E-state index is 0.0956. The average molecular weight is 279 g/mol. The van der Waals surface area contributed by atoms with Gasteiger partial charge in [0.15, 0.2) is 0 Å². The van der Waals surface area contributed by atoms with Gasteiger partial charge in [0.25, 0.3) is 0 Å². The highest BCUT2D eigenvalue weighted by Crippen LogP contribution is 2.37. The van der Waals surface area contributed by atoms with Gasteiger partial charge in [0, 0.05) is 20.0 Å². The SMILES string of the molecule is CCCN1C(=O)CCC(C(=O)OC)C1c1cncn1C. The van der Waals surface area contributed by atoms with Crippen molar-refractivity contribution in [1.29, 1.82) is 0 Å². The normalized spacial score (nSPS) is 22.9. The number of carbonyl (C=O) groups is 2. The summed E-state index contributed by atoms with van der Waals surface area (Å²) in [5.74, 6) is -0.484. The third-order valence-corrected chi connectivity index (χ3v) is 3.83. The summed E-state index contributed by atoms with van der Waals surface area (Å²) >= 11 is 0. The van der Waals surface area contributed by atoms with E-state index in [9.17, 15) is 9.59 Å². The third kappa shape index (κ3) is 2.55. The summed E-state index contributed by atoms with van der Waals surface area (Å²) in [5.41, 5.74) is 0.877.